The molecular formula is C16H25Cl2N3O. The summed E-state index contributed by atoms with van der Waals surface area (Å²) in [6, 6.07) is 7.24. The average Bonchev–Trinajstić information content (AvgIpc) is 2.46. The molecule has 1 amide bonds. The Hall–Kier alpha value is -0.810. The van der Waals surface area contributed by atoms with E-state index in [0.717, 1.165) is 38.3 Å². The second-order valence-corrected chi connectivity index (χ2v) is 6.13. The molecule has 1 heterocycles. The molecule has 1 saturated heterocycles. The molecular weight excluding hydrogens is 321 g/mol. The Morgan fingerprint density at radius 2 is 2.27 bits per heavy atom. The summed E-state index contributed by atoms with van der Waals surface area (Å²) >= 11 is 5.90. The SMILES string of the molecule is Cl.NCCC1CCCN(CCC(=O)Nc2cccc(Cl)c2)C1. The number of benzene rings is 1. The topological polar surface area (TPSA) is 58.4 Å². The number of likely N-dealkylation sites (tertiary alicyclic amines) is 1. The molecule has 2 rings (SSSR count). The van der Waals surface area contributed by atoms with Gasteiger partial charge < -0.3 is 16.0 Å². The minimum absolute atomic E-state index is 0. The number of carbonyl (C=O) groups excluding carboxylic acids is 1. The minimum atomic E-state index is 0. The highest BCUT2D eigenvalue weighted by Crippen LogP contribution is 2.19. The van der Waals surface area contributed by atoms with Crippen LogP contribution in [0.15, 0.2) is 24.3 Å². The van der Waals surface area contributed by atoms with Gasteiger partial charge in [0.15, 0.2) is 0 Å². The van der Waals surface area contributed by atoms with Crippen molar-refractivity contribution in [1.29, 1.82) is 0 Å². The van der Waals surface area contributed by atoms with Crippen LogP contribution in [-0.2, 0) is 4.79 Å². The third kappa shape index (κ3) is 6.53. The van der Waals surface area contributed by atoms with Crippen LogP contribution in [0, 0.1) is 5.92 Å². The number of carbonyl (C=O) groups is 1. The summed E-state index contributed by atoms with van der Waals surface area (Å²) < 4.78 is 0. The van der Waals surface area contributed by atoms with Crippen LogP contribution in [0.1, 0.15) is 25.7 Å². The third-order valence-electron chi connectivity index (χ3n) is 3.94. The van der Waals surface area contributed by atoms with Crippen molar-refractivity contribution < 1.29 is 4.79 Å². The van der Waals surface area contributed by atoms with Crippen molar-refractivity contribution in [3.63, 3.8) is 0 Å². The molecule has 22 heavy (non-hydrogen) atoms. The number of rotatable bonds is 6. The van der Waals surface area contributed by atoms with Gasteiger partial charge in [0.2, 0.25) is 5.91 Å². The molecule has 1 aliphatic rings. The molecule has 3 N–H and O–H groups in total. The number of nitrogens with two attached hydrogens (primary N) is 1. The molecule has 0 radical (unpaired) electrons. The van der Waals surface area contributed by atoms with Crippen molar-refractivity contribution in [3.8, 4) is 0 Å². The highest BCUT2D eigenvalue weighted by molar-refractivity contribution is 6.30. The molecule has 1 aliphatic heterocycles. The lowest BCUT2D eigenvalue weighted by atomic mass is 9.95. The molecule has 0 saturated carbocycles. The van der Waals surface area contributed by atoms with Crippen LogP contribution < -0.4 is 11.1 Å². The first-order chi connectivity index (χ1) is 10.2. The van der Waals surface area contributed by atoms with Gasteiger partial charge in [0.25, 0.3) is 0 Å². The lowest BCUT2D eigenvalue weighted by Crippen LogP contribution is -2.37. The van der Waals surface area contributed by atoms with Crippen LogP contribution in [0.3, 0.4) is 0 Å². The fourth-order valence-corrected chi connectivity index (χ4v) is 3.07. The Morgan fingerprint density at radius 1 is 1.45 bits per heavy atom. The maximum atomic E-state index is 12.0. The maximum Gasteiger partial charge on any atom is 0.225 e. The van der Waals surface area contributed by atoms with Crippen molar-refractivity contribution in [2.24, 2.45) is 11.7 Å². The van der Waals surface area contributed by atoms with E-state index < -0.39 is 0 Å². The van der Waals surface area contributed by atoms with Crippen LogP contribution in [0.4, 0.5) is 5.69 Å². The molecule has 1 unspecified atom stereocenters. The average molecular weight is 346 g/mol. The number of halogens is 2. The lowest BCUT2D eigenvalue weighted by Gasteiger charge is -2.32. The van der Waals surface area contributed by atoms with Gasteiger partial charge in [-0.1, -0.05) is 17.7 Å². The van der Waals surface area contributed by atoms with Crippen LogP contribution in [-0.4, -0.2) is 37.0 Å². The predicted molar refractivity (Wildman–Crippen MR) is 94.8 cm³/mol. The summed E-state index contributed by atoms with van der Waals surface area (Å²) in [6.45, 7) is 3.73. The number of anilines is 1. The Balaban J connectivity index is 0.00000242. The van der Waals surface area contributed by atoms with Crippen LogP contribution in [0.5, 0.6) is 0 Å². The summed E-state index contributed by atoms with van der Waals surface area (Å²) in [4.78, 5) is 14.3. The van der Waals surface area contributed by atoms with E-state index in [1.165, 1.54) is 12.8 Å². The molecule has 1 atom stereocenters. The van der Waals surface area contributed by atoms with Gasteiger partial charge >= 0.3 is 0 Å². The zero-order chi connectivity index (χ0) is 15.1. The molecule has 6 heteroatoms. The lowest BCUT2D eigenvalue weighted by molar-refractivity contribution is -0.116. The number of piperidine rings is 1. The summed E-state index contributed by atoms with van der Waals surface area (Å²) in [5.74, 6) is 0.734. The Kier molecular flexibility index (Phi) is 8.79. The van der Waals surface area contributed by atoms with Gasteiger partial charge in [0.05, 0.1) is 0 Å². The van der Waals surface area contributed by atoms with E-state index in [4.69, 9.17) is 17.3 Å². The van der Waals surface area contributed by atoms with Crippen LogP contribution >= 0.6 is 24.0 Å². The monoisotopic (exact) mass is 345 g/mol. The minimum Gasteiger partial charge on any atom is -0.330 e. The zero-order valence-electron chi connectivity index (χ0n) is 12.8. The van der Waals surface area contributed by atoms with Crippen LogP contribution in [0.2, 0.25) is 5.02 Å². The summed E-state index contributed by atoms with van der Waals surface area (Å²) in [6.07, 6.45) is 4.08. The van der Waals surface area contributed by atoms with Crippen molar-refractivity contribution in [1.82, 2.24) is 4.90 Å². The fourth-order valence-electron chi connectivity index (χ4n) is 2.88. The van der Waals surface area contributed by atoms with Crippen LogP contribution in [0.25, 0.3) is 0 Å². The van der Waals surface area contributed by atoms with E-state index >= 15 is 0 Å². The highest BCUT2D eigenvalue weighted by atomic mass is 35.5. The molecule has 1 aromatic carbocycles. The van der Waals surface area contributed by atoms with E-state index in [-0.39, 0.29) is 18.3 Å². The van der Waals surface area contributed by atoms with Crippen molar-refractivity contribution in [3.05, 3.63) is 29.3 Å². The summed E-state index contributed by atoms with van der Waals surface area (Å²) in [5, 5.41) is 3.52. The normalized spacial score (nSPS) is 18.5. The smallest absolute Gasteiger partial charge is 0.225 e. The van der Waals surface area contributed by atoms with E-state index in [1.54, 1.807) is 12.1 Å². The maximum absolute atomic E-state index is 12.0. The summed E-state index contributed by atoms with van der Waals surface area (Å²) in [5.41, 5.74) is 6.39. The van der Waals surface area contributed by atoms with E-state index in [1.807, 2.05) is 12.1 Å². The number of nitrogens with zero attached hydrogens (tertiary/aromatic N) is 1. The number of amides is 1. The largest absolute Gasteiger partial charge is 0.330 e. The van der Waals surface area contributed by atoms with Gasteiger partial charge in [0.1, 0.15) is 0 Å². The second-order valence-electron chi connectivity index (χ2n) is 5.69. The molecule has 124 valence electrons. The summed E-state index contributed by atoms with van der Waals surface area (Å²) in [7, 11) is 0. The fraction of sp³-hybridized carbons (Fsp3) is 0.562. The predicted octanol–water partition coefficient (Wildman–Crippen LogP) is 3.15. The van der Waals surface area contributed by atoms with Crippen molar-refractivity contribution in [2.75, 3.05) is 31.5 Å². The molecule has 1 aromatic rings. The van der Waals surface area contributed by atoms with Gasteiger partial charge in [-0.2, -0.15) is 0 Å². The van der Waals surface area contributed by atoms with Gasteiger partial charge in [-0.25, -0.2) is 0 Å². The second kappa shape index (κ2) is 10.1. The standard InChI is InChI=1S/C16H24ClN3O.ClH/c17-14-4-1-5-15(11-14)19-16(21)7-10-20-9-2-3-13(12-20)6-8-18;/h1,4-5,11,13H,2-3,6-10,12,18H2,(H,19,21);1H. The first-order valence-corrected chi connectivity index (χ1v) is 8.03. The quantitative estimate of drug-likeness (QED) is 0.832. The number of hydrogen-bond acceptors (Lipinski definition) is 3. The molecule has 0 aromatic heterocycles. The Morgan fingerprint density at radius 3 is 3.00 bits per heavy atom. The highest BCUT2D eigenvalue weighted by Gasteiger charge is 2.19. The first kappa shape index (κ1) is 19.2. The molecule has 1 fully saturated rings. The number of hydrogen-bond donors (Lipinski definition) is 2. The van der Waals surface area contributed by atoms with E-state index in [2.05, 4.69) is 10.2 Å². The van der Waals surface area contributed by atoms with Gasteiger partial charge in [-0.05, 0) is 56.5 Å². The van der Waals surface area contributed by atoms with E-state index in [9.17, 15) is 4.79 Å². The first-order valence-electron chi connectivity index (χ1n) is 7.65. The van der Waals surface area contributed by atoms with Gasteiger partial charge in [-0.15, -0.1) is 12.4 Å². The third-order valence-corrected chi connectivity index (χ3v) is 4.18. The molecule has 0 bridgehead atoms. The number of nitrogens with one attached hydrogen (secondary N) is 1. The molecule has 4 nitrogen and oxygen atoms in total. The van der Waals surface area contributed by atoms with Gasteiger partial charge in [0, 0.05) is 30.2 Å². The Bertz CT molecular complexity index is 468. The van der Waals surface area contributed by atoms with E-state index in [0.29, 0.717) is 17.4 Å². The van der Waals surface area contributed by atoms with Crippen molar-refractivity contribution >= 4 is 35.6 Å². The Labute approximate surface area is 143 Å². The molecule has 0 spiro atoms. The van der Waals surface area contributed by atoms with Gasteiger partial charge in [-0.3, -0.25) is 4.79 Å². The molecule has 0 aliphatic carbocycles. The van der Waals surface area contributed by atoms with Crippen molar-refractivity contribution in [2.45, 2.75) is 25.7 Å². The zero-order valence-corrected chi connectivity index (χ0v) is 14.3.